The van der Waals surface area contributed by atoms with Gasteiger partial charge in [-0.2, -0.15) is 0 Å². The van der Waals surface area contributed by atoms with Crippen molar-refractivity contribution in [1.29, 1.82) is 0 Å². The molecule has 1 unspecified atom stereocenters. The third-order valence-electron chi connectivity index (χ3n) is 2.08. The standard InChI is InChI=1S/C11H14FN3O3/c1-6(13)8-4-7(12)2-3-9(8)18-5-10(16)15-11(14)17/h2-4,6H,5,13H2,1H3,(H3,14,15,16,17). The Bertz CT molecular complexity index is 463. The summed E-state index contributed by atoms with van der Waals surface area (Å²) in [5, 5.41) is 1.84. The van der Waals surface area contributed by atoms with Crippen molar-refractivity contribution in [2.75, 3.05) is 6.61 Å². The second kappa shape index (κ2) is 5.97. The van der Waals surface area contributed by atoms with Crippen LogP contribution in [0.3, 0.4) is 0 Å². The van der Waals surface area contributed by atoms with Crippen LogP contribution in [0.15, 0.2) is 18.2 Å². The lowest BCUT2D eigenvalue weighted by molar-refractivity contribution is -0.121. The van der Waals surface area contributed by atoms with E-state index in [2.05, 4.69) is 0 Å². The molecule has 98 valence electrons. The lowest BCUT2D eigenvalue weighted by Gasteiger charge is -2.13. The first kappa shape index (κ1) is 13.9. The number of ether oxygens (including phenoxy) is 1. The van der Waals surface area contributed by atoms with Gasteiger partial charge in [-0.05, 0) is 25.1 Å². The van der Waals surface area contributed by atoms with E-state index in [1.54, 1.807) is 6.92 Å². The third kappa shape index (κ3) is 4.02. The van der Waals surface area contributed by atoms with E-state index < -0.39 is 30.4 Å². The number of rotatable bonds is 4. The number of benzene rings is 1. The second-order valence-electron chi connectivity index (χ2n) is 3.67. The van der Waals surface area contributed by atoms with Crippen LogP contribution in [0.5, 0.6) is 5.75 Å². The van der Waals surface area contributed by atoms with E-state index in [1.165, 1.54) is 18.2 Å². The molecule has 1 atom stereocenters. The van der Waals surface area contributed by atoms with Gasteiger partial charge in [-0.3, -0.25) is 10.1 Å². The predicted octanol–water partition coefficient (Wildman–Crippen LogP) is 0.419. The van der Waals surface area contributed by atoms with Crippen molar-refractivity contribution >= 4 is 11.9 Å². The number of amides is 3. The molecular weight excluding hydrogens is 241 g/mol. The molecule has 0 saturated heterocycles. The summed E-state index contributed by atoms with van der Waals surface area (Å²) in [7, 11) is 0. The van der Waals surface area contributed by atoms with Crippen LogP contribution in [-0.4, -0.2) is 18.5 Å². The Hall–Kier alpha value is -2.15. The van der Waals surface area contributed by atoms with Gasteiger partial charge in [-0.15, -0.1) is 0 Å². The van der Waals surface area contributed by atoms with Crippen LogP contribution in [-0.2, 0) is 4.79 Å². The highest BCUT2D eigenvalue weighted by Gasteiger charge is 2.11. The molecule has 0 heterocycles. The van der Waals surface area contributed by atoms with E-state index in [0.717, 1.165) is 0 Å². The molecule has 0 aliphatic heterocycles. The van der Waals surface area contributed by atoms with Crippen molar-refractivity contribution < 1.29 is 18.7 Å². The van der Waals surface area contributed by atoms with E-state index in [0.29, 0.717) is 5.56 Å². The maximum Gasteiger partial charge on any atom is 0.318 e. The first-order valence-electron chi connectivity index (χ1n) is 5.17. The van der Waals surface area contributed by atoms with Crippen LogP contribution in [0, 0.1) is 5.82 Å². The summed E-state index contributed by atoms with van der Waals surface area (Å²) in [6, 6.07) is 2.37. The molecule has 5 N–H and O–H groups in total. The molecule has 0 aromatic heterocycles. The highest BCUT2D eigenvalue weighted by atomic mass is 19.1. The molecule has 18 heavy (non-hydrogen) atoms. The molecule has 1 rings (SSSR count). The van der Waals surface area contributed by atoms with E-state index in [9.17, 15) is 14.0 Å². The highest BCUT2D eigenvalue weighted by Crippen LogP contribution is 2.24. The minimum atomic E-state index is -0.963. The average Bonchev–Trinajstić information content (AvgIpc) is 2.26. The Labute approximate surface area is 103 Å². The first-order valence-corrected chi connectivity index (χ1v) is 5.17. The van der Waals surface area contributed by atoms with Gasteiger partial charge in [0.25, 0.3) is 5.91 Å². The number of nitrogens with one attached hydrogen (secondary N) is 1. The Morgan fingerprint density at radius 3 is 2.72 bits per heavy atom. The SMILES string of the molecule is CC(N)c1cc(F)ccc1OCC(=O)NC(N)=O. The lowest BCUT2D eigenvalue weighted by Crippen LogP contribution is -2.38. The van der Waals surface area contributed by atoms with Crippen molar-refractivity contribution in [3.8, 4) is 5.75 Å². The normalized spacial score (nSPS) is 11.7. The maximum atomic E-state index is 13.0. The van der Waals surface area contributed by atoms with Gasteiger partial charge < -0.3 is 16.2 Å². The van der Waals surface area contributed by atoms with Gasteiger partial charge in [0, 0.05) is 11.6 Å². The highest BCUT2D eigenvalue weighted by molar-refractivity contribution is 5.94. The van der Waals surface area contributed by atoms with Gasteiger partial charge >= 0.3 is 6.03 Å². The van der Waals surface area contributed by atoms with Gasteiger partial charge in [0.15, 0.2) is 6.61 Å². The number of primary amides is 1. The molecular formula is C11H14FN3O3. The van der Waals surface area contributed by atoms with Gasteiger partial charge in [0.1, 0.15) is 11.6 Å². The molecule has 6 nitrogen and oxygen atoms in total. The zero-order valence-corrected chi connectivity index (χ0v) is 9.77. The predicted molar refractivity (Wildman–Crippen MR) is 62.2 cm³/mol. The minimum Gasteiger partial charge on any atom is -0.483 e. The quantitative estimate of drug-likeness (QED) is 0.724. The van der Waals surface area contributed by atoms with Crippen LogP contribution >= 0.6 is 0 Å². The van der Waals surface area contributed by atoms with Gasteiger partial charge in [-0.25, -0.2) is 9.18 Å². The fourth-order valence-corrected chi connectivity index (χ4v) is 1.32. The molecule has 0 aliphatic carbocycles. The molecule has 0 fully saturated rings. The number of imide groups is 1. The van der Waals surface area contributed by atoms with Gasteiger partial charge in [0.05, 0.1) is 0 Å². The third-order valence-corrected chi connectivity index (χ3v) is 2.08. The molecule has 1 aromatic carbocycles. The fraction of sp³-hybridized carbons (Fsp3) is 0.273. The van der Waals surface area contributed by atoms with Crippen molar-refractivity contribution in [2.24, 2.45) is 11.5 Å². The summed E-state index contributed by atoms with van der Waals surface area (Å²) in [6.07, 6.45) is 0. The van der Waals surface area contributed by atoms with E-state index in [4.69, 9.17) is 16.2 Å². The zero-order chi connectivity index (χ0) is 13.7. The minimum absolute atomic E-state index is 0.283. The number of carbonyl (C=O) groups is 2. The topological polar surface area (TPSA) is 107 Å². The number of carbonyl (C=O) groups excluding carboxylic acids is 2. The van der Waals surface area contributed by atoms with Crippen molar-refractivity contribution in [1.82, 2.24) is 5.32 Å². The van der Waals surface area contributed by atoms with Crippen LogP contribution in [0.25, 0.3) is 0 Å². The van der Waals surface area contributed by atoms with Crippen LogP contribution in [0.2, 0.25) is 0 Å². The average molecular weight is 255 g/mol. The molecule has 7 heteroatoms. The Morgan fingerprint density at radius 1 is 1.50 bits per heavy atom. The van der Waals surface area contributed by atoms with Crippen LogP contribution in [0.4, 0.5) is 9.18 Å². The van der Waals surface area contributed by atoms with E-state index in [1.807, 2.05) is 5.32 Å². The summed E-state index contributed by atoms with van der Waals surface area (Å²) in [5.41, 5.74) is 10.8. The number of hydrogen-bond acceptors (Lipinski definition) is 4. The Morgan fingerprint density at radius 2 is 2.17 bits per heavy atom. The molecule has 0 saturated carbocycles. The zero-order valence-electron chi connectivity index (χ0n) is 9.77. The summed E-state index contributed by atoms with van der Waals surface area (Å²) < 4.78 is 18.2. The molecule has 0 bridgehead atoms. The second-order valence-corrected chi connectivity index (χ2v) is 3.67. The number of hydrogen-bond donors (Lipinski definition) is 3. The summed E-state index contributed by atoms with van der Waals surface area (Å²) in [4.78, 5) is 21.5. The van der Waals surface area contributed by atoms with E-state index >= 15 is 0 Å². The lowest BCUT2D eigenvalue weighted by atomic mass is 10.1. The molecule has 3 amide bonds. The van der Waals surface area contributed by atoms with Crippen molar-refractivity contribution in [2.45, 2.75) is 13.0 Å². The van der Waals surface area contributed by atoms with Crippen LogP contribution in [0.1, 0.15) is 18.5 Å². The van der Waals surface area contributed by atoms with Crippen LogP contribution < -0.4 is 21.5 Å². The monoisotopic (exact) mass is 255 g/mol. The first-order chi connectivity index (χ1) is 8.40. The number of urea groups is 1. The molecule has 0 aliphatic rings. The van der Waals surface area contributed by atoms with Gasteiger partial charge in [0.2, 0.25) is 0 Å². The van der Waals surface area contributed by atoms with Crippen molar-refractivity contribution in [3.63, 3.8) is 0 Å². The number of nitrogens with two attached hydrogens (primary N) is 2. The summed E-state index contributed by atoms with van der Waals surface area (Å²) in [5.74, 6) is -0.857. The maximum absolute atomic E-state index is 13.0. The summed E-state index contributed by atoms with van der Waals surface area (Å²) >= 11 is 0. The van der Waals surface area contributed by atoms with Gasteiger partial charge in [-0.1, -0.05) is 0 Å². The molecule has 1 aromatic rings. The number of halogens is 1. The van der Waals surface area contributed by atoms with E-state index in [-0.39, 0.29) is 5.75 Å². The van der Waals surface area contributed by atoms with Crippen molar-refractivity contribution in [3.05, 3.63) is 29.6 Å². The molecule has 0 spiro atoms. The molecule has 0 radical (unpaired) electrons. The Kier molecular flexibility index (Phi) is 4.61. The Balaban J connectivity index is 2.72. The largest absolute Gasteiger partial charge is 0.483 e. The summed E-state index contributed by atoms with van der Waals surface area (Å²) in [6.45, 7) is 1.25. The smallest absolute Gasteiger partial charge is 0.318 e. The fourth-order valence-electron chi connectivity index (χ4n) is 1.32.